The summed E-state index contributed by atoms with van der Waals surface area (Å²) in [6.07, 6.45) is 0.826. The summed E-state index contributed by atoms with van der Waals surface area (Å²) in [4.78, 5) is 23.5. The Morgan fingerprint density at radius 3 is 2.72 bits per heavy atom. The third kappa shape index (κ3) is 8.30. The molecule has 1 aromatic carbocycles. The van der Waals surface area contributed by atoms with Crippen molar-refractivity contribution < 1.29 is 4.79 Å². The van der Waals surface area contributed by atoms with E-state index in [1.165, 1.54) is 0 Å². The molecule has 8 heteroatoms. The fraction of sp³-hybridized carbons (Fsp3) is 0.476. The Balaban J connectivity index is 0.00000420. The molecule has 1 atom stereocenters. The summed E-state index contributed by atoms with van der Waals surface area (Å²) in [6.45, 7) is 10.1. The summed E-state index contributed by atoms with van der Waals surface area (Å²) in [5.74, 6) is 0.891. The molecule has 1 aromatic heterocycles. The number of hydrogen-bond donors (Lipinski definition) is 2. The molecule has 0 fully saturated rings. The van der Waals surface area contributed by atoms with E-state index in [4.69, 9.17) is 4.99 Å². The van der Waals surface area contributed by atoms with E-state index in [-0.39, 0.29) is 35.8 Å². The van der Waals surface area contributed by atoms with Gasteiger partial charge in [-0.15, -0.1) is 35.3 Å². The van der Waals surface area contributed by atoms with Gasteiger partial charge in [-0.05, 0) is 38.0 Å². The molecule has 0 aliphatic rings. The molecule has 1 unspecified atom stereocenters. The van der Waals surface area contributed by atoms with Crippen LogP contribution in [0.15, 0.2) is 34.6 Å². The molecule has 0 spiro atoms. The number of rotatable bonds is 8. The molecule has 29 heavy (non-hydrogen) atoms. The number of aliphatic imine (C=N–C) groups is 1. The van der Waals surface area contributed by atoms with Crippen LogP contribution in [0.5, 0.6) is 0 Å². The van der Waals surface area contributed by atoms with Gasteiger partial charge in [0.2, 0.25) is 5.91 Å². The van der Waals surface area contributed by atoms with Gasteiger partial charge in [-0.25, -0.2) is 9.98 Å². The van der Waals surface area contributed by atoms with Crippen molar-refractivity contribution >= 4 is 52.9 Å². The fourth-order valence-electron chi connectivity index (χ4n) is 2.63. The van der Waals surface area contributed by atoms with Crippen LogP contribution in [-0.4, -0.2) is 35.3 Å². The number of guanidine groups is 1. The average molecular weight is 529 g/mol. The molecule has 1 heterocycles. The molecular weight excluding hydrogens is 497 g/mol. The smallest absolute Gasteiger partial charge is 0.227 e. The van der Waals surface area contributed by atoms with Crippen molar-refractivity contribution in [3.05, 3.63) is 45.9 Å². The Morgan fingerprint density at radius 2 is 2.10 bits per heavy atom. The Bertz CT molecular complexity index is 808. The molecule has 0 aliphatic heterocycles. The predicted octanol–water partition coefficient (Wildman–Crippen LogP) is 4.65. The normalized spacial score (nSPS) is 12.1. The summed E-state index contributed by atoms with van der Waals surface area (Å²) in [5.41, 5.74) is 2.91. The van der Waals surface area contributed by atoms with Gasteiger partial charge < -0.3 is 15.5 Å². The van der Waals surface area contributed by atoms with E-state index in [9.17, 15) is 4.79 Å². The zero-order chi connectivity index (χ0) is 20.5. The summed E-state index contributed by atoms with van der Waals surface area (Å²) in [6, 6.07) is 7.87. The first kappa shape index (κ1) is 25.4. The zero-order valence-electron chi connectivity index (χ0n) is 17.9. The molecule has 0 bridgehead atoms. The van der Waals surface area contributed by atoms with Crippen LogP contribution in [0.4, 0.5) is 5.69 Å². The maximum Gasteiger partial charge on any atom is 0.227 e. The van der Waals surface area contributed by atoms with Crippen molar-refractivity contribution in [1.82, 2.24) is 15.2 Å². The number of benzene rings is 1. The largest absolute Gasteiger partial charge is 0.357 e. The minimum Gasteiger partial charge on any atom is -0.357 e. The summed E-state index contributed by atoms with van der Waals surface area (Å²) in [7, 11) is 2.01. The average Bonchev–Trinajstić information content (AvgIpc) is 3.09. The van der Waals surface area contributed by atoms with Gasteiger partial charge in [-0.2, -0.15) is 0 Å². The van der Waals surface area contributed by atoms with Crippen molar-refractivity contribution in [1.29, 1.82) is 0 Å². The number of halogens is 1. The number of carbonyl (C=O) groups excluding carboxylic acids is 1. The van der Waals surface area contributed by atoms with Gasteiger partial charge in [0.1, 0.15) is 0 Å². The Labute approximate surface area is 195 Å². The summed E-state index contributed by atoms with van der Waals surface area (Å²) < 4.78 is 0. The number of aryl methyl sites for hydroxylation is 1. The zero-order valence-corrected chi connectivity index (χ0v) is 21.0. The summed E-state index contributed by atoms with van der Waals surface area (Å²) in [5, 5.41) is 9.47. The third-order valence-corrected chi connectivity index (χ3v) is 5.25. The van der Waals surface area contributed by atoms with Crippen molar-refractivity contribution in [3.8, 4) is 0 Å². The lowest BCUT2D eigenvalue weighted by Gasteiger charge is -2.21. The number of hydrogen-bond acceptors (Lipinski definition) is 4. The lowest BCUT2D eigenvalue weighted by molar-refractivity contribution is -0.119. The molecule has 1 amide bonds. The minimum atomic E-state index is 0. The lowest BCUT2D eigenvalue weighted by atomic mass is 10.1. The highest BCUT2D eigenvalue weighted by molar-refractivity contribution is 14.0. The van der Waals surface area contributed by atoms with Gasteiger partial charge in [0.15, 0.2) is 5.96 Å². The van der Waals surface area contributed by atoms with E-state index in [1.807, 2.05) is 52.1 Å². The van der Waals surface area contributed by atoms with Crippen LogP contribution in [-0.2, 0) is 17.9 Å². The fourth-order valence-corrected chi connectivity index (χ4v) is 3.24. The Hall–Kier alpha value is -1.68. The molecule has 160 valence electrons. The van der Waals surface area contributed by atoms with Gasteiger partial charge in [0, 0.05) is 30.6 Å². The quantitative estimate of drug-likeness (QED) is 0.297. The first-order valence-corrected chi connectivity index (χ1v) is 10.6. The summed E-state index contributed by atoms with van der Waals surface area (Å²) >= 11 is 1.66. The number of nitrogens with zero attached hydrogens (tertiary/aromatic N) is 3. The third-order valence-electron chi connectivity index (χ3n) is 4.43. The SMILES string of the molecule is CCNC(=NCc1cccc(NC(=O)C(C)CC)c1)N(C)Cc1csc(C)n1.I. The lowest BCUT2D eigenvalue weighted by Crippen LogP contribution is -2.38. The van der Waals surface area contributed by atoms with Gasteiger partial charge in [-0.1, -0.05) is 26.0 Å². The van der Waals surface area contributed by atoms with Crippen LogP contribution in [0.3, 0.4) is 0 Å². The molecular formula is C21H32IN5OS. The maximum atomic E-state index is 12.1. The Morgan fingerprint density at radius 1 is 1.34 bits per heavy atom. The minimum absolute atomic E-state index is 0. The monoisotopic (exact) mass is 529 g/mol. The Kier molecular flexibility index (Phi) is 11.2. The maximum absolute atomic E-state index is 12.1. The molecule has 2 rings (SSSR count). The highest BCUT2D eigenvalue weighted by atomic mass is 127. The van der Waals surface area contributed by atoms with Crippen molar-refractivity contribution in [2.75, 3.05) is 18.9 Å². The first-order valence-electron chi connectivity index (χ1n) is 9.73. The van der Waals surface area contributed by atoms with E-state index >= 15 is 0 Å². The van der Waals surface area contributed by atoms with Crippen molar-refractivity contribution in [3.63, 3.8) is 0 Å². The predicted molar refractivity (Wildman–Crippen MR) is 133 cm³/mol. The molecule has 2 aromatic rings. The molecule has 0 saturated carbocycles. The van der Waals surface area contributed by atoms with Crippen LogP contribution in [0.25, 0.3) is 0 Å². The van der Waals surface area contributed by atoms with Gasteiger partial charge in [0.05, 0.1) is 23.8 Å². The van der Waals surface area contributed by atoms with E-state index < -0.39 is 0 Å². The second kappa shape index (κ2) is 12.8. The number of thiazole rings is 1. The number of carbonyl (C=O) groups is 1. The number of anilines is 1. The van der Waals surface area contributed by atoms with Crippen molar-refractivity contribution in [2.45, 2.75) is 47.2 Å². The van der Waals surface area contributed by atoms with Gasteiger partial charge >= 0.3 is 0 Å². The van der Waals surface area contributed by atoms with E-state index in [0.717, 1.165) is 40.9 Å². The van der Waals surface area contributed by atoms with Gasteiger partial charge in [-0.3, -0.25) is 4.79 Å². The molecule has 0 radical (unpaired) electrons. The van der Waals surface area contributed by atoms with Crippen LogP contribution >= 0.6 is 35.3 Å². The highest BCUT2D eigenvalue weighted by Crippen LogP contribution is 2.14. The van der Waals surface area contributed by atoms with Crippen LogP contribution in [0.2, 0.25) is 0 Å². The van der Waals surface area contributed by atoms with Crippen LogP contribution in [0, 0.1) is 12.8 Å². The van der Waals surface area contributed by atoms with E-state index in [2.05, 4.69) is 32.8 Å². The second-order valence-electron chi connectivity index (χ2n) is 6.88. The number of aromatic nitrogens is 1. The number of amides is 1. The first-order chi connectivity index (χ1) is 13.4. The molecule has 0 aliphatic carbocycles. The van der Waals surface area contributed by atoms with Gasteiger partial charge in [0.25, 0.3) is 0 Å². The molecule has 6 nitrogen and oxygen atoms in total. The van der Waals surface area contributed by atoms with Crippen LogP contribution < -0.4 is 10.6 Å². The molecule has 0 saturated heterocycles. The standard InChI is InChI=1S/C21H31N5OS.HI/c1-6-15(3)20(27)25-18-10-8-9-17(11-18)12-23-21(22-7-2)26(5)13-19-14-28-16(4)24-19;/h8-11,14-15H,6-7,12-13H2,1-5H3,(H,22,23)(H,25,27);1H. The van der Waals surface area contributed by atoms with Crippen molar-refractivity contribution in [2.24, 2.45) is 10.9 Å². The van der Waals surface area contributed by atoms with Crippen LogP contribution in [0.1, 0.15) is 43.5 Å². The van der Waals surface area contributed by atoms with E-state index in [1.54, 1.807) is 11.3 Å². The highest BCUT2D eigenvalue weighted by Gasteiger charge is 2.11. The molecule has 2 N–H and O–H groups in total. The van der Waals surface area contributed by atoms with E-state index in [0.29, 0.717) is 13.1 Å². The number of nitrogens with one attached hydrogen (secondary N) is 2. The second-order valence-corrected chi connectivity index (χ2v) is 7.95. The topological polar surface area (TPSA) is 69.6 Å².